The van der Waals surface area contributed by atoms with Crippen molar-refractivity contribution in [2.24, 2.45) is 11.8 Å². The Labute approximate surface area is 135 Å². The topological polar surface area (TPSA) is 59.8 Å². The Bertz CT molecular complexity index is 727. The number of alkyl halides is 3. The van der Waals surface area contributed by atoms with E-state index < -0.39 is 18.6 Å². The first kappa shape index (κ1) is 17.5. The Hall–Kier alpha value is -1.83. The zero-order chi connectivity index (χ0) is 17.4. The third-order valence-corrected chi connectivity index (χ3v) is 3.75. The molecular weight excluding hydrogens is 333 g/mol. The summed E-state index contributed by atoms with van der Waals surface area (Å²) in [6, 6.07) is 2.89. The lowest BCUT2D eigenvalue weighted by Gasteiger charge is -2.16. The molecule has 0 saturated heterocycles. The summed E-state index contributed by atoms with van der Waals surface area (Å²) in [5.41, 5.74) is 0.202. The maximum Gasteiger partial charge on any atom is 0.406 e. The van der Waals surface area contributed by atoms with Crippen LogP contribution < -0.4 is 5.32 Å². The molecule has 1 amide bonds. The smallest absolute Gasteiger partial charge is 0.296 e. The molecule has 0 aliphatic rings. The standard InChI is InChI=1S/C14H16ClF3N4O/c1-7(2)8(3)12(23)21-13-19-9-4-5-10(15)20-11(9)22(13)6-14(16,17)18/h4-5,7-8H,6H2,1-3H3,(H,19,21,23)/t8-/m0/s1. The van der Waals surface area contributed by atoms with E-state index in [-0.39, 0.29) is 34.1 Å². The first-order valence-corrected chi connectivity index (χ1v) is 7.36. The van der Waals surface area contributed by atoms with Gasteiger partial charge in [-0.05, 0) is 18.1 Å². The normalized spacial score (nSPS) is 13.6. The molecule has 0 aromatic carbocycles. The fourth-order valence-corrected chi connectivity index (χ4v) is 2.07. The van der Waals surface area contributed by atoms with Gasteiger partial charge in [-0.1, -0.05) is 32.4 Å². The first-order chi connectivity index (χ1) is 10.6. The number of amides is 1. The van der Waals surface area contributed by atoms with Crippen LogP contribution in [0.5, 0.6) is 0 Å². The molecule has 0 radical (unpaired) electrons. The third kappa shape index (κ3) is 4.13. The van der Waals surface area contributed by atoms with Gasteiger partial charge in [-0.2, -0.15) is 13.2 Å². The number of carbonyl (C=O) groups excluding carboxylic acids is 1. The van der Waals surface area contributed by atoms with Crippen molar-refractivity contribution in [2.75, 3.05) is 5.32 Å². The van der Waals surface area contributed by atoms with Gasteiger partial charge < -0.3 is 0 Å². The number of halogens is 4. The van der Waals surface area contributed by atoms with Gasteiger partial charge >= 0.3 is 6.18 Å². The Balaban J connectivity index is 2.45. The van der Waals surface area contributed by atoms with Crippen LogP contribution in [0.1, 0.15) is 20.8 Å². The lowest BCUT2D eigenvalue weighted by atomic mass is 9.97. The van der Waals surface area contributed by atoms with Gasteiger partial charge in [0.05, 0.1) is 0 Å². The van der Waals surface area contributed by atoms with Gasteiger partial charge in [0.2, 0.25) is 11.9 Å². The quantitative estimate of drug-likeness (QED) is 0.853. The summed E-state index contributed by atoms with van der Waals surface area (Å²) in [7, 11) is 0. The molecule has 2 aromatic heterocycles. The molecule has 0 spiro atoms. The van der Waals surface area contributed by atoms with Crippen LogP contribution >= 0.6 is 11.6 Å². The third-order valence-electron chi connectivity index (χ3n) is 3.54. The summed E-state index contributed by atoms with van der Waals surface area (Å²) >= 11 is 5.75. The number of nitrogens with zero attached hydrogens (tertiary/aromatic N) is 3. The molecule has 9 heteroatoms. The Morgan fingerprint density at radius 3 is 2.52 bits per heavy atom. The SMILES string of the molecule is CC(C)[C@H](C)C(=O)Nc1nc2ccc(Cl)nc2n1CC(F)(F)F. The van der Waals surface area contributed by atoms with E-state index in [9.17, 15) is 18.0 Å². The van der Waals surface area contributed by atoms with Crippen LogP contribution in [0.25, 0.3) is 11.2 Å². The van der Waals surface area contributed by atoms with E-state index in [2.05, 4.69) is 15.3 Å². The van der Waals surface area contributed by atoms with Crippen molar-refractivity contribution in [3.05, 3.63) is 17.3 Å². The molecule has 0 fully saturated rings. The fraction of sp³-hybridized carbons (Fsp3) is 0.500. The largest absolute Gasteiger partial charge is 0.406 e. The van der Waals surface area contributed by atoms with Gasteiger partial charge in [-0.25, -0.2) is 9.97 Å². The molecular formula is C14H16ClF3N4O. The van der Waals surface area contributed by atoms with E-state index in [0.717, 1.165) is 4.57 Å². The minimum Gasteiger partial charge on any atom is -0.296 e. The van der Waals surface area contributed by atoms with Crippen LogP contribution in [0.3, 0.4) is 0 Å². The number of aromatic nitrogens is 3. The van der Waals surface area contributed by atoms with Gasteiger partial charge in [-0.3, -0.25) is 14.7 Å². The summed E-state index contributed by atoms with van der Waals surface area (Å²) in [4.78, 5) is 20.0. The van der Waals surface area contributed by atoms with Gasteiger partial charge in [-0.15, -0.1) is 0 Å². The second-order valence-electron chi connectivity index (χ2n) is 5.64. The number of pyridine rings is 1. The summed E-state index contributed by atoms with van der Waals surface area (Å²) in [6.07, 6.45) is -4.49. The van der Waals surface area contributed by atoms with Crippen molar-refractivity contribution in [1.29, 1.82) is 0 Å². The maximum atomic E-state index is 12.8. The number of hydrogen-bond donors (Lipinski definition) is 1. The highest BCUT2D eigenvalue weighted by Gasteiger charge is 2.31. The molecule has 0 aliphatic heterocycles. The van der Waals surface area contributed by atoms with E-state index in [1.54, 1.807) is 6.92 Å². The van der Waals surface area contributed by atoms with E-state index in [4.69, 9.17) is 11.6 Å². The number of imidazole rings is 1. The van der Waals surface area contributed by atoms with Crippen molar-refractivity contribution >= 4 is 34.6 Å². The molecule has 1 N–H and O–H groups in total. The number of anilines is 1. The number of carbonyl (C=O) groups is 1. The number of fused-ring (bicyclic) bond motifs is 1. The molecule has 0 saturated carbocycles. The van der Waals surface area contributed by atoms with Crippen molar-refractivity contribution in [2.45, 2.75) is 33.5 Å². The average Bonchev–Trinajstić information content (AvgIpc) is 2.73. The lowest BCUT2D eigenvalue weighted by molar-refractivity contribution is -0.140. The number of nitrogens with one attached hydrogen (secondary N) is 1. The molecule has 126 valence electrons. The predicted octanol–water partition coefficient (Wildman–Crippen LogP) is 3.88. The Morgan fingerprint density at radius 2 is 1.96 bits per heavy atom. The minimum absolute atomic E-state index is 0.0256. The highest BCUT2D eigenvalue weighted by Crippen LogP contribution is 2.26. The molecule has 5 nitrogen and oxygen atoms in total. The van der Waals surface area contributed by atoms with E-state index in [1.165, 1.54) is 12.1 Å². The van der Waals surface area contributed by atoms with Gasteiger partial charge in [0.15, 0.2) is 5.65 Å². The average molecular weight is 349 g/mol. The van der Waals surface area contributed by atoms with Crippen molar-refractivity contribution < 1.29 is 18.0 Å². The summed E-state index contributed by atoms with van der Waals surface area (Å²) in [5.74, 6) is -0.914. The van der Waals surface area contributed by atoms with Crippen LogP contribution in [0.15, 0.2) is 12.1 Å². The van der Waals surface area contributed by atoms with Crippen LogP contribution in [0.4, 0.5) is 19.1 Å². The molecule has 0 unspecified atom stereocenters. The van der Waals surface area contributed by atoms with E-state index >= 15 is 0 Å². The summed E-state index contributed by atoms with van der Waals surface area (Å²) in [5, 5.41) is 2.50. The molecule has 2 aromatic rings. The lowest BCUT2D eigenvalue weighted by Crippen LogP contribution is -2.27. The van der Waals surface area contributed by atoms with Crippen LogP contribution in [-0.4, -0.2) is 26.6 Å². The molecule has 1 atom stereocenters. The molecule has 23 heavy (non-hydrogen) atoms. The monoisotopic (exact) mass is 348 g/mol. The van der Waals surface area contributed by atoms with Gasteiger partial charge in [0.25, 0.3) is 0 Å². The Kier molecular flexibility index (Phi) is 4.84. The maximum absolute atomic E-state index is 12.8. The predicted molar refractivity (Wildman–Crippen MR) is 81.2 cm³/mol. The van der Waals surface area contributed by atoms with Crippen LogP contribution in [0, 0.1) is 11.8 Å². The Morgan fingerprint density at radius 1 is 1.30 bits per heavy atom. The van der Waals surface area contributed by atoms with Crippen molar-refractivity contribution in [3.63, 3.8) is 0 Å². The minimum atomic E-state index is -4.49. The second kappa shape index (κ2) is 6.35. The second-order valence-corrected chi connectivity index (χ2v) is 6.02. The highest BCUT2D eigenvalue weighted by molar-refractivity contribution is 6.29. The zero-order valence-corrected chi connectivity index (χ0v) is 13.5. The molecule has 0 aliphatic carbocycles. The number of hydrogen-bond acceptors (Lipinski definition) is 3. The highest BCUT2D eigenvalue weighted by atomic mass is 35.5. The molecule has 2 rings (SSSR count). The summed E-state index contributed by atoms with van der Waals surface area (Å²) in [6.45, 7) is 4.09. The van der Waals surface area contributed by atoms with Gasteiger partial charge in [0, 0.05) is 5.92 Å². The van der Waals surface area contributed by atoms with E-state index in [0.29, 0.717) is 0 Å². The van der Waals surface area contributed by atoms with Crippen LogP contribution in [0.2, 0.25) is 5.15 Å². The van der Waals surface area contributed by atoms with Crippen molar-refractivity contribution in [3.8, 4) is 0 Å². The molecule has 2 heterocycles. The van der Waals surface area contributed by atoms with Crippen LogP contribution in [-0.2, 0) is 11.3 Å². The summed E-state index contributed by atoms with van der Waals surface area (Å²) < 4.78 is 39.3. The van der Waals surface area contributed by atoms with E-state index in [1.807, 2.05) is 13.8 Å². The fourth-order valence-electron chi connectivity index (χ4n) is 1.93. The van der Waals surface area contributed by atoms with Crippen molar-refractivity contribution in [1.82, 2.24) is 14.5 Å². The zero-order valence-electron chi connectivity index (χ0n) is 12.8. The number of rotatable bonds is 4. The molecule has 0 bridgehead atoms. The first-order valence-electron chi connectivity index (χ1n) is 6.99. The van der Waals surface area contributed by atoms with Gasteiger partial charge in [0.1, 0.15) is 17.2 Å².